The van der Waals surface area contributed by atoms with Crippen LogP contribution in [0.1, 0.15) is 17.5 Å². The average molecular weight is 371 g/mol. The Morgan fingerprint density at radius 1 is 1.19 bits per heavy atom. The maximum Gasteiger partial charge on any atom is 0.321 e. The molecule has 2 rings (SSSR count). The van der Waals surface area contributed by atoms with E-state index in [1.165, 1.54) is 12.1 Å². The number of hydrogen-bond acceptors (Lipinski definition) is 5. The molecule has 8 nitrogen and oxygen atoms in total. The topological polar surface area (TPSA) is 122 Å². The summed E-state index contributed by atoms with van der Waals surface area (Å²) >= 11 is 0. The van der Waals surface area contributed by atoms with Crippen molar-refractivity contribution in [3.05, 3.63) is 69.8 Å². The Balaban J connectivity index is 1.95. The number of aryl methyl sites for hydroxylation is 1. The average Bonchev–Trinajstić information content (AvgIpc) is 2.63. The van der Waals surface area contributed by atoms with E-state index in [1.54, 1.807) is 13.0 Å². The molecule has 0 fully saturated rings. The Bertz CT molecular complexity index is 823. The summed E-state index contributed by atoms with van der Waals surface area (Å²) in [5.41, 5.74) is 1.55. The summed E-state index contributed by atoms with van der Waals surface area (Å²) in [7, 11) is 0. The molecule has 0 bridgehead atoms. The highest BCUT2D eigenvalue weighted by Crippen LogP contribution is 2.25. The van der Waals surface area contributed by atoms with Crippen molar-refractivity contribution < 1.29 is 19.6 Å². The summed E-state index contributed by atoms with van der Waals surface area (Å²) in [6, 6.07) is 12.9. The highest BCUT2D eigenvalue weighted by Gasteiger charge is 2.22. The molecule has 0 spiro atoms. The van der Waals surface area contributed by atoms with Gasteiger partial charge in [-0.25, -0.2) is 0 Å². The van der Waals surface area contributed by atoms with Crippen LogP contribution in [0.3, 0.4) is 0 Å². The highest BCUT2D eigenvalue weighted by molar-refractivity contribution is 5.95. The molecule has 2 aromatic carbocycles. The third kappa shape index (κ3) is 6.19. The number of benzene rings is 2. The molecule has 142 valence electrons. The second-order valence-corrected chi connectivity index (χ2v) is 6.11. The molecule has 8 heteroatoms. The third-order valence-electron chi connectivity index (χ3n) is 3.96. The van der Waals surface area contributed by atoms with Gasteiger partial charge in [0.1, 0.15) is 11.7 Å². The largest absolute Gasteiger partial charge is 0.480 e. The molecule has 0 saturated heterocycles. The van der Waals surface area contributed by atoms with Gasteiger partial charge in [-0.1, -0.05) is 36.4 Å². The number of aliphatic carboxylic acids is 1. The Morgan fingerprint density at radius 3 is 2.52 bits per heavy atom. The van der Waals surface area contributed by atoms with Crippen molar-refractivity contribution >= 4 is 23.3 Å². The van der Waals surface area contributed by atoms with Crippen LogP contribution < -0.4 is 10.6 Å². The summed E-state index contributed by atoms with van der Waals surface area (Å²) in [6.07, 6.45) is 0.283. The lowest BCUT2D eigenvalue weighted by Gasteiger charge is -2.14. The zero-order valence-electron chi connectivity index (χ0n) is 14.8. The zero-order chi connectivity index (χ0) is 19.8. The van der Waals surface area contributed by atoms with Gasteiger partial charge in [-0.05, 0) is 37.1 Å². The van der Waals surface area contributed by atoms with E-state index in [0.717, 1.165) is 5.56 Å². The van der Waals surface area contributed by atoms with E-state index in [0.29, 0.717) is 18.5 Å². The van der Waals surface area contributed by atoms with Crippen LogP contribution in [-0.2, 0) is 16.0 Å². The Labute approximate surface area is 156 Å². The first-order valence-electron chi connectivity index (χ1n) is 8.42. The molecule has 0 aromatic heterocycles. The van der Waals surface area contributed by atoms with Crippen LogP contribution in [0, 0.1) is 17.0 Å². The first kappa shape index (κ1) is 20.1. The highest BCUT2D eigenvalue weighted by atomic mass is 16.6. The van der Waals surface area contributed by atoms with Crippen molar-refractivity contribution in [1.29, 1.82) is 0 Å². The molecule has 1 amide bonds. The first-order chi connectivity index (χ1) is 12.9. The Hall–Kier alpha value is -3.26. The maximum absolute atomic E-state index is 12.2. The van der Waals surface area contributed by atoms with Crippen LogP contribution in [0.4, 0.5) is 11.4 Å². The van der Waals surface area contributed by atoms with E-state index in [9.17, 15) is 24.8 Å². The summed E-state index contributed by atoms with van der Waals surface area (Å²) in [5.74, 6) is -1.77. The van der Waals surface area contributed by atoms with Crippen LogP contribution in [-0.4, -0.2) is 34.5 Å². The Kier molecular flexibility index (Phi) is 7.01. The minimum Gasteiger partial charge on any atom is -0.480 e. The molecule has 0 aliphatic carbocycles. The van der Waals surface area contributed by atoms with Gasteiger partial charge in [0.2, 0.25) is 5.91 Å². The van der Waals surface area contributed by atoms with Gasteiger partial charge >= 0.3 is 5.97 Å². The molecule has 1 unspecified atom stereocenters. The quantitative estimate of drug-likeness (QED) is 0.460. The summed E-state index contributed by atoms with van der Waals surface area (Å²) < 4.78 is 0. The molecule has 1 atom stereocenters. The fourth-order valence-corrected chi connectivity index (χ4v) is 2.57. The zero-order valence-corrected chi connectivity index (χ0v) is 14.8. The number of carboxylic acid groups (broad SMARTS) is 1. The molecule has 0 heterocycles. The van der Waals surface area contributed by atoms with Crippen molar-refractivity contribution in [2.24, 2.45) is 0 Å². The van der Waals surface area contributed by atoms with Gasteiger partial charge in [-0.2, -0.15) is 0 Å². The van der Waals surface area contributed by atoms with Gasteiger partial charge in [0.25, 0.3) is 5.69 Å². The standard InChI is InChI=1S/C19H21N3O5/c1-13-7-8-15(17(11-13)22(26)27)21-18(23)12-16(19(24)25)20-10-9-14-5-3-2-4-6-14/h2-8,11,16,20H,9-10,12H2,1H3,(H,21,23)(H,24,25). The minimum atomic E-state index is -1.16. The van der Waals surface area contributed by atoms with E-state index in [-0.39, 0.29) is 17.8 Å². The second kappa shape index (κ2) is 9.44. The normalized spacial score (nSPS) is 11.6. The molecule has 27 heavy (non-hydrogen) atoms. The van der Waals surface area contributed by atoms with Crippen LogP contribution in [0.25, 0.3) is 0 Å². The summed E-state index contributed by atoms with van der Waals surface area (Å²) in [4.78, 5) is 34.1. The van der Waals surface area contributed by atoms with Crippen molar-refractivity contribution in [3.8, 4) is 0 Å². The number of nitro groups is 1. The van der Waals surface area contributed by atoms with E-state index >= 15 is 0 Å². The minimum absolute atomic E-state index is 0.0454. The Morgan fingerprint density at radius 2 is 1.89 bits per heavy atom. The van der Waals surface area contributed by atoms with Crippen molar-refractivity contribution in [2.45, 2.75) is 25.8 Å². The van der Waals surface area contributed by atoms with Gasteiger partial charge in [0, 0.05) is 6.07 Å². The second-order valence-electron chi connectivity index (χ2n) is 6.11. The predicted molar refractivity (Wildman–Crippen MR) is 101 cm³/mol. The number of carboxylic acids is 1. The number of amides is 1. The van der Waals surface area contributed by atoms with Gasteiger partial charge in [-0.15, -0.1) is 0 Å². The molecular formula is C19H21N3O5. The SMILES string of the molecule is Cc1ccc(NC(=O)CC(NCCc2ccccc2)C(=O)O)c([N+](=O)[O-])c1. The lowest BCUT2D eigenvalue weighted by atomic mass is 10.1. The first-order valence-corrected chi connectivity index (χ1v) is 8.42. The lowest BCUT2D eigenvalue weighted by Crippen LogP contribution is -2.40. The number of nitrogens with zero attached hydrogens (tertiary/aromatic N) is 1. The van der Waals surface area contributed by atoms with E-state index in [4.69, 9.17) is 0 Å². The number of hydrogen-bond donors (Lipinski definition) is 3. The molecular weight excluding hydrogens is 350 g/mol. The van der Waals surface area contributed by atoms with Crippen molar-refractivity contribution in [3.63, 3.8) is 0 Å². The van der Waals surface area contributed by atoms with Gasteiger partial charge in [0.15, 0.2) is 0 Å². The van der Waals surface area contributed by atoms with Crippen LogP contribution in [0.5, 0.6) is 0 Å². The number of nitro benzene ring substituents is 1. The summed E-state index contributed by atoms with van der Waals surface area (Å²) in [6.45, 7) is 2.09. The fourth-order valence-electron chi connectivity index (χ4n) is 2.57. The van der Waals surface area contributed by atoms with E-state index < -0.39 is 22.8 Å². The number of nitrogens with one attached hydrogen (secondary N) is 2. The number of rotatable bonds is 9. The maximum atomic E-state index is 12.2. The number of anilines is 1. The van der Waals surface area contributed by atoms with Crippen LogP contribution in [0.15, 0.2) is 48.5 Å². The van der Waals surface area contributed by atoms with Crippen LogP contribution >= 0.6 is 0 Å². The lowest BCUT2D eigenvalue weighted by molar-refractivity contribution is -0.384. The van der Waals surface area contributed by atoms with Gasteiger partial charge in [0.05, 0.1) is 11.3 Å². The molecule has 2 aromatic rings. The van der Waals surface area contributed by atoms with Crippen molar-refractivity contribution in [1.82, 2.24) is 5.32 Å². The molecule has 3 N–H and O–H groups in total. The third-order valence-corrected chi connectivity index (χ3v) is 3.96. The van der Waals surface area contributed by atoms with Gasteiger partial charge in [-0.3, -0.25) is 19.7 Å². The van der Waals surface area contributed by atoms with E-state index in [2.05, 4.69) is 10.6 Å². The molecule has 0 aliphatic rings. The summed E-state index contributed by atoms with van der Waals surface area (Å²) in [5, 5.41) is 25.7. The smallest absolute Gasteiger partial charge is 0.321 e. The van der Waals surface area contributed by atoms with Crippen LogP contribution in [0.2, 0.25) is 0 Å². The fraction of sp³-hybridized carbons (Fsp3) is 0.263. The number of carbonyl (C=O) groups excluding carboxylic acids is 1. The van der Waals surface area contributed by atoms with Crippen molar-refractivity contribution in [2.75, 3.05) is 11.9 Å². The van der Waals surface area contributed by atoms with E-state index in [1.807, 2.05) is 30.3 Å². The monoisotopic (exact) mass is 371 g/mol. The molecule has 0 saturated carbocycles. The molecule has 0 radical (unpaired) electrons. The number of carbonyl (C=O) groups is 2. The predicted octanol–water partition coefficient (Wildman–Crippen LogP) is 2.52. The molecule has 0 aliphatic heterocycles. The van der Waals surface area contributed by atoms with Gasteiger partial charge < -0.3 is 15.7 Å².